The number of nitrogens with two attached hydrogens (primary N) is 1. The van der Waals surface area contributed by atoms with Crippen molar-refractivity contribution < 1.29 is 19.5 Å². The second kappa shape index (κ2) is 4.51. The maximum atomic E-state index is 11.7. The molecule has 1 saturated carbocycles. The number of amides is 2. The summed E-state index contributed by atoms with van der Waals surface area (Å²) in [7, 11) is 0. The van der Waals surface area contributed by atoms with Crippen LogP contribution in [0.4, 0.5) is 0 Å². The molecule has 0 aliphatic heterocycles. The van der Waals surface area contributed by atoms with Gasteiger partial charge in [-0.2, -0.15) is 0 Å². The summed E-state index contributed by atoms with van der Waals surface area (Å²) in [6.07, 6.45) is 1.80. The third kappa shape index (κ3) is 2.32. The third-order valence-electron chi connectivity index (χ3n) is 2.84. The highest BCUT2D eigenvalue weighted by atomic mass is 16.4. The zero-order valence-corrected chi connectivity index (χ0v) is 9.16. The molecule has 1 fully saturated rings. The fraction of sp³-hybridized carbons (Fsp3) is 0.700. The third-order valence-corrected chi connectivity index (χ3v) is 2.84. The first-order valence-electron chi connectivity index (χ1n) is 5.27. The SMILES string of the molecule is CCCC(NC(=O)C1(C(N)=O)CC1)C(=O)O. The van der Waals surface area contributed by atoms with Gasteiger partial charge in [0.05, 0.1) is 0 Å². The van der Waals surface area contributed by atoms with Crippen molar-refractivity contribution >= 4 is 17.8 Å². The first-order chi connectivity index (χ1) is 7.44. The molecule has 0 aromatic carbocycles. The summed E-state index contributed by atoms with van der Waals surface area (Å²) in [5.41, 5.74) is 3.96. The average molecular weight is 228 g/mol. The Labute approximate surface area is 93.2 Å². The van der Waals surface area contributed by atoms with Crippen LogP contribution in [-0.2, 0) is 14.4 Å². The molecule has 0 saturated heterocycles. The molecule has 0 aromatic heterocycles. The molecule has 0 heterocycles. The van der Waals surface area contributed by atoms with Crippen LogP contribution in [0.25, 0.3) is 0 Å². The molecule has 0 aromatic rings. The van der Waals surface area contributed by atoms with Crippen LogP contribution in [0.1, 0.15) is 32.6 Å². The summed E-state index contributed by atoms with van der Waals surface area (Å²) in [6, 6.07) is -0.936. The van der Waals surface area contributed by atoms with Gasteiger partial charge in [0.15, 0.2) is 0 Å². The zero-order valence-electron chi connectivity index (χ0n) is 9.16. The van der Waals surface area contributed by atoms with Gasteiger partial charge in [0, 0.05) is 0 Å². The number of aliphatic carboxylic acids is 1. The van der Waals surface area contributed by atoms with Gasteiger partial charge < -0.3 is 16.2 Å². The lowest BCUT2D eigenvalue weighted by atomic mass is 10.0. The maximum Gasteiger partial charge on any atom is 0.326 e. The molecule has 0 radical (unpaired) electrons. The van der Waals surface area contributed by atoms with E-state index in [1.54, 1.807) is 0 Å². The molecule has 90 valence electrons. The van der Waals surface area contributed by atoms with Gasteiger partial charge in [-0.25, -0.2) is 4.79 Å². The molecule has 0 bridgehead atoms. The summed E-state index contributed by atoms with van der Waals surface area (Å²) in [5.74, 6) is -2.32. The normalized spacial score (nSPS) is 18.6. The van der Waals surface area contributed by atoms with Crippen molar-refractivity contribution in [2.75, 3.05) is 0 Å². The Morgan fingerprint density at radius 2 is 2.00 bits per heavy atom. The van der Waals surface area contributed by atoms with E-state index in [-0.39, 0.29) is 0 Å². The van der Waals surface area contributed by atoms with Crippen molar-refractivity contribution in [3.8, 4) is 0 Å². The monoisotopic (exact) mass is 228 g/mol. The van der Waals surface area contributed by atoms with Crippen LogP contribution < -0.4 is 11.1 Å². The number of carboxylic acids is 1. The van der Waals surface area contributed by atoms with Crippen LogP contribution in [0, 0.1) is 5.41 Å². The number of nitrogens with one attached hydrogen (secondary N) is 1. The largest absolute Gasteiger partial charge is 0.480 e. The maximum absolute atomic E-state index is 11.7. The van der Waals surface area contributed by atoms with E-state index >= 15 is 0 Å². The van der Waals surface area contributed by atoms with E-state index in [2.05, 4.69) is 5.32 Å². The number of hydrogen-bond donors (Lipinski definition) is 3. The van der Waals surface area contributed by atoms with Gasteiger partial charge in [-0.3, -0.25) is 9.59 Å². The van der Waals surface area contributed by atoms with Crippen LogP contribution in [0.2, 0.25) is 0 Å². The van der Waals surface area contributed by atoms with Crippen molar-refractivity contribution in [2.45, 2.75) is 38.6 Å². The van der Waals surface area contributed by atoms with Crippen molar-refractivity contribution in [3.05, 3.63) is 0 Å². The molecule has 16 heavy (non-hydrogen) atoms. The number of primary amides is 1. The molecule has 2 amide bonds. The van der Waals surface area contributed by atoms with Crippen molar-refractivity contribution in [1.29, 1.82) is 0 Å². The Hall–Kier alpha value is -1.59. The quantitative estimate of drug-likeness (QED) is 0.538. The van der Waals surface area contributed by atoms with E-state index in [1.165, 1.54) is 0 Å². The minimum atomic E-state index is -1.15. The molecule has 6 nitrogen and oxygen atoms in total. The molecule has 1 unspecified atom stereocenters. The predicted octanol–water partition coefficient (Wildman–Crippen LogP) is -0.379. The topological polar surface area (TPSA) is 109 Å². The Morgan fingerprint density at radius 3 is 2.31 bits per heavy atom. The van der Waals surface area contributed by atoms with E-state index in [0.29, 0.717) is 25.7 Å². The lowest BCUT2D eigenvalue weighted by molar-refractivity contribution is -0.144. The van der Waals surface area contributed by atoms with Gasteiger partial charge in [0.1, 0.15) is 11.5 Å². The van der Waals surface area contributed by atoms with E-state index in [1.807, 2.05) is 6.92 Å². The van der Waals surface area contributed by atoms with Crippen molar-refractivity contribution in [1.82, 2.24) is 5.32 Å². The Kier molecular flexibility index (Phi) is 3.51. The van der Waals surface area contributed by atoms with Gasteiger partial charge in [-0.05, 0) is 19.3 Å². The second-order valence-corrected chi connectivity index (χ2v) is 4.10. The highest BCUT2D eigenvalue weighted by Gasteiger charge is 2.55. The Bertz CT molecular complexity index is 323. The number of rotatable bonds is 6. The van der Waals surface area contributed by atoms with Crippen LogP contribution in [0.15, 0.2) is 0 Å². The fourth-order valence-corrected chi connectivity index (χ4v) is 1.55. The minimum absolute atomic E-state index is 0.343. The molecule has 4 N–H and O–H groups in total. The second-order valence-electron chi connectivity index (χ2n) is 4.10. The average Bonchev–Trinajstić information content (AvgIpc) is 2.97. The summed E-state index contributed by atoms with van der Waals surface area (Å²) < 4.78 is 0. The van der Waals surface area contributed by atoms with E-state index in [9.17, 15) is 14.4 Å². The van der Waals surface area contributed by atoms with Gasteiger partial charge >= 0.3 is 5.97 Å². The number of carbonyl (C=O) groups excluding carboxylic acids is 2. The number of carboxylic acid groups (broad SMARTS) is 1. The lowest BCUT2D eigenvalue weighted by Gasteiger charge is -2.17. The smallest absolute Gasteiger partial charge is 0.326 e. The highest BCUT2D eigenvalue weighted by Crippen LogP contribution is 2.45. The molecule has 1 aliphatic rings. The molecule has 6 heteroatoms. The van der Waals surface area contributed by atoms with E-state index in [0.717, 1.165) is 0 Å². The highest BCUT2D eigenvalue weighted by molar-refractivity contribution is 6.08. The summed E-state index contributed by atoms with van der Waals surface area (Å²) in [5, 5.41) is 11.2. The first kappa shape index (κ1) is 12.5. The molecule has 1 rings (SSSR count). The summed E-state index contributed by atoms with van der Waals surface area (Å²) >= 11 is 0. The Morgan fingerprint density at radius 1 is 1.44 bits per heavy atom. The first-order valence-corrected chi connectivity index (χ1v) is 5.27. The number of carbonyl (C=O) groups is 3. The van der Waals surface area contributed by atoms with E-state index in [4.69, 9.17) is 10.8 Å². The van der Waals surface area contributed by atoms with Gasteiger partial charge in [0.25, 0.3) is 0 Å². The van der Waals surface area contributed by atoms with Crippen LogP contribution in [0.3, 0.4) is 0 Å². The molecular weight excluding hydrogens is 212 g/mol. The molecule has 1 aliphatic carbocycles. The van der Waals surface area contributed by atoms with Gasteiger partial charge in [-0.15, -0.1) is 0 Å². The van der Waals surface area contributed by atoms with E-state index < -0.39 is 29.2 Å². The fourth-order valence-electron chi connectivity index (χ4n) is 1.55. The predicted molar refractivity (Wildman–Crippen MR) is 55.3 cm³/mol. The van der Waals surface area contributed by atoms with Crippen LogP contribution in [0.5, 0.6) is 0 Å². The zero-order chi connectivity index (χ0) is 12.3. The minimum Gasteiger partial charge on any atom is -0.480 e. The lowest BCUT2D eigenvalue weighted by Crippen LogP contribution is -2.47. The summed E-state index contributed by atoms with van der Waals surface area (Å²) in [6.45, 7) is 1.82. The molecule has 1 atom stereocenters. The van der Waals surface area contributed by atoms with Crippen LogP contribution >= 0.6 is 0 Å². The Balaban J connectivity index is 2.62. The van der Waals surface area contributed by atoms with Gasteiger partial charge in [0.2, 0.25) is 11.8 Å². The summed E-state index contributed by atoms with van der Waals surface area (Å²) in [4.78, 5) is 33.5. The van der Waals surface area contributed by atoms with Crippen molar-refractivity contribution in [3.63, 3.8) is 0 Å². The van der Waals surface area contributed by atoms with Crippen molar-refractivity contribution in [2.24, 2.45) is 11.1 Å². The van der Waals surface area contributed by atoms with Gasteiger partial charge in [-0.1, -0.05) is 13.3 Å². The standard InChI is InChI=1S/C10H16N2O4/c1-2-3-6(7(13)14)12-9(16)10(4-5-10)8(11)15/h6H,2-5H2,1H3,(H2,11,15)(H,12,16)(H,13,14). The number of hydrogen-bond acceptors (Lipinski definition) is 3. The van der Waals surface area contributed by atoms with Crippen LogP contribution in [-0.4, -0.2) is 28.9 Å². The molecule has 0 spiro atoms. The molecular formula is C10H16N2O4.